The summed E-state index contributed by atoms with van der Waals surface area (Å²) in [6.45, 7) is 0. The third-order valence-corrected chi connectivity index (χ3v) is 3.67. The number of H-pyrrole nitrogens is 1. The van der Waals surface area contributed by atoms with Gasteiger partial charge in [-0.1, -0.05) is 0 Å². The molecule has 1 amide bonds. The summed E-state index contributed by atoms with van der Waals surface area (Å²) in [4.78, 5) is 12.5. The number of rotatable bonds is 3. The number of fused-ring (bicyclic) bond motifs is 3. The molecule has 2 heterocycles. The van der Waals surface area contributed by atoms with Crippen molar-refractivity contribution in [2.45, 2.75) is 0 Å². The van der Waals surface area contributed by atoms with Gasteiger partial charge in [-0.2, -0.15) is 15.6 Å². The first-order valence-electron chi connectivity index (χ1n) is 6.97. The van der Waals surface area contributed by atoms with Gasteiger partial charge in [-0.25, -0.2) is 0 Å². The van der Waals surface area contributed by atoms with Gasteiger partial charge < -0.3 is 10.1 Å². The molecule has 23 heavy (non-hydrogen) atoms. The molecule has 1 aliphatic rings. The highest BCUT2D eigenvalue weighted by molar-refractivity contribution is 6.14. The Balaban J connectivity index is 1.66. The maximum atomic E-state index is 12.5. The topological polar surface area (TPSA) is 93.5 Å². The molecule has 7 heteroatoms. The van der Waals surface area contributed by atoms with Gasteiger partial charge in [0.05, 0.1) is 24.5 Å². The molecule has 4 rings (SSSR count). The first-order chi connectivity index (χ1) is 11.3. The fourth-order valence-electron chi connectivity index (χ4n) is 2.50. The lowest BCUT2D eigenvalue weighted by molar-refractivity contribution is 0.102. The second-order valence-electron chi connectivity index (χ2n) is 5.02. The zero-order chi connectivity index (χ0) is 15.8. The Morgan fingerprint density at radius 2 is 2.00 bits per heavy atom. The van der Waals surface area contributed by atoms with E-state index in [-0.39, 0.29) is 5.91 Å². The first kappa shape index (κ1) is 13.3. The van der Waals surface area contributed by atoms with Crippen molar-refractivity contribution in [1.82, 2.24) is 15.6 Å². The number of aromatic amines is 1. The lowest BCUT2D eigenvalue weighted by Gasteiger charge is -2.05. The van der Waals surface area contributed by atoms with Crippen molar-refractivity contribution in [3.8, 4) is 5.75 Å². The molecule has 2 aromatic carbocycles. The number of amides is 1. The smallest absolute Gasteiger partial charge is 0.276 e. The number of ether oxygens (including phenoxy) is 1. The second kappa shape index (κ2) is 5.13. The summed E-state index contributed by atoms with van der Waals surface area (Å²) < 4.78 is 5.10. The molecule has 1 aliphatic heterocycles. The summed E-state index contributed by atoms with van der Waals surface area (Å²) in [6, 6.07) is 10.7. The van der Waals surface area contributed by atoms with E-state index in [0.29, 0.717) is 11.4 Å². The Morgan fingerprint density at radius 3 is 2.78 bits per heavy atom. The van der Waals surface area contributed by atoms with Crippen LogP contribution in [-0.2, 0) is 0 Å². The van der Waals surface area contributed by atoms with Gasteiger partial charge in [-0.05, 0) is 36.4 Å². The third-order valence-electron chi connectivity index (χ3n) is 3.67. The predicted molar refractivity (Wildman–Crippen MR) is 86.4 cm³/mol. The van der Waals surface area contributed by atoms with Crippen LogP contribution in [0.15, 0.2) is 41.5 Å². The van der Waals surface area contributed by atoms with E-state index in [4.69, 9.17) is 4.74 Å². The minimum Gasteiger partial charge on any atom is -0.497 e. The number of methoxy groups -OCH3 is 1. The average Bonchev–Trinajstić information content (AvgIpc) is 3.21. The Morgan fingerprint density at radius 1 is 1.17 bits per heavy atom. The van der Waals surface area contributed by atoms with Gasteiger partial charge in [0, 0.05) is 16.6 Å². The van der Waals surface area contributed by atoms with Gasteiger partial charge in [-0.15, -0.1) is 0 Å². The Labute approximate surface area is 131 Å². The number of aromatic nitrogens is 2. The molecule has 0 bridgehead atoms. The van der Waals surface area contributed by atoms with E-state index in [9.17, 15) is 4.79 Å². The quantitative estimate of drug-likeness (QED) is 0.778. The molecule has 3 aromatic rings. The van der Waals surface area contributed by atoms with E-state index in [0.717, 1.165) is 27.9 Å². The highest BCUT2D eigenvalue weighted by Crippen LogP contribution is 2.28. The molecule has 0 saturated heterocycles. The summed E-state index contributed by atoms with van der Waals surface area (Å²) in [6.07, 6.45) is 1.65. The largest absolute Gasteiger partial charge is 0.497 e. The minimum atomic E-state index is -0.284. The Kier molecular flexibility index (Phi) is 2.97. The normalized spacial score (nSPS) is 12.0. The number of nitrogens with one attached hydrogen (secondary N) is 2. The van der Waals surface area contributed by atoms with E-state index in [2.05, 4.69) is 26.0 Å². The van der Waals surface area contributed by atoms with Crippen molar-refractivity contribution in [3.05, 3.63) is 47.7 Å². The number of carbonyl (C=O) groups is 1. The highest BCUT2D eigenvalue weighted by atomic mass is 16.5. The van der Waals surface area contributed by atoms with Crippen LogP contribution in [-0.4, -0.2) is 29.4 Å². The molecule has 7 nitrogen and oxygen atoms in total. The van der Waals surface area contributed by atoms with Crippen LogP contribution in [0.2, 0.25) is 0 Å². The van der Waals surface area contributed by atoms with Gasteiger partial charge in [0.2, 0.25) is 0 Å². The lowest BCUT2D eigenvalue weighted by Crippen LogP contribution is -2.12. The van der Waals surface area contributed by atoms with Gasteiger partial charge in [-0.3, -0.25) is 9.89 Å². The molecule has 0 unspecified atom stereocenters. The zero-order valence-electron chi connectivity index (χ0n) is 12.2. The molecule has 0 saturated carbocycles. The molecule has 0 fully saturated rings. The maximum Gasteiger partial charge on any atom is 0.276 e. The number of nitrogens with zero attached hydrogens (tertiary/aromatic N) is 3. The first-order valence-corrected chi connectivity index (χ1v) is 6.97. The Hall–Kier alpha value is -3.35. The van der Waals surface area contributed by atoms with Crippen molar-refractivity contribution < 1.29 is 9.53 Å². The molecule has 1 aromatic heterocycles. The molecule has 113 valence electrons. The molecule has 0 aliphatic carbocycles. The van der Waals surface area contributed by atoms with Crippen LogP contribution >= 0.6 is 0 Å². The average molecular weight is 306 g/mol. The van der Waals surface area contributed by atoms with E-state index in [1.54, 1.807) is 37.6 Å². The molecule has 2 N–H and O–H groups in total. The number of benzene rings is 2. The molecule has 1 radical (unpaired) electrons. The van der Waals surface area contributed by atoms with Crippen LogP contribution in [0.25, 0.3) is 10.9 Å². The molecule has 0 atom stereocenters. The number of hydrogen-bond acceptors (Lipinski definition) is 4. The fourth-order valence-corrected chi connectivity index (χ4v) is 2.50. The van der Waals surface area contributed by atoms with Crippen LogP contribution in [0.4, 0.5) is 11.4 Å². The maximum absolute atomic E-state index is 12.5. The van der Waals surface area contributed by atoms with Crippen molar-refractivity contribution in [1.29, 1.82) is 0 Å². The minimum absolute atomic E-state index is 0.284. The van der Waals surface area contributed by atoms with E-state index in [1.807, 2.05) is 12.1 Å². The standard InChI is InChI=1S/C16H12N5O2/c1-23-10-4-2-9(3-5-10)18-16(22)15-11-6-7-13-12(8-17-19-13)14(11)20-21-15/h2-8H,1H3,(H,18,22)(H,20,21). The highest BCUT2D eigenvalue weighted by Gasteiger charge is 2.19. The second-order valence-corrected chi connectivity index (χ2v) is 5.02. The Bertz CT molecular complexity index is 928. The van der Waals surface area contributed by atoms with Crippen LogP contribution < -0.4 is 15.5 Å². The van der Waals surface area contributed by atoms with Crippen LogP contribution in [0, 0.1) is 0 Å². The summed E-state index contributed by atoms with van der Waals surface area (Å²) in [7, 11) is 1.59. The van der Waals surface area contributed by atoms with Crippen LogP contribution in [0.3, 0.4) is 0 Å². The van der Waals surface area contributed by atoms with E-state index >= 15 is 0 Å². The van der Waals surface area contributed by atoms with Crippen molar-refractivity contribution in [2.24, 2.45) is 5.10 Å². The number of carbonyl (C=O) groups excluding carboxylic acids is 1. The molecular weight excluding hydrogens is 294 g/mol. The summed E-state index contributed by atoms with van der Waals surface area (Å²) >= 11 is 0. The van der Waals surface area contributed by atoms with Crippen molar-refractivity contribution in [3.63, 3.8) is 0 Å². The number of hydrogen-bond donors (Lipinski definition) is 2. The van der Waals surface area contributed by atoms with Crippen LogP contribution in [0.5, 0.6) is 5.75 Å². The fraction of sp³-hybridized carbons (Fsp3) is 0.0625. The number of anilines is 1. The zero-order valence-corrected chi connectivity index (χ0v) is 12.2. The molecular formula is C16H12N5O2. The van der Waals surface area contributed by atoms with Gasteiger partial charge >= 0.3 is 0 Å². The monoisotopic (exact) mass is 306 g/mol. The molecule has 0 spiro atoms. The predicted octanol–water partition coefficient (Wildman–Crippen LogP) is 2.41. The summed E-state index contributed by atoms with van der Waals surface area (Å²) in [5, 5.41) is 14.5. The van der Waals surface area contributed by atoms with E-state index in [1.165, 1.54) is 0 Å². The lowest BCUT2D eigenvalue weighted by atomic mass is 10.1. The van der Waals surface area contributed by atoms with Crippen molar-refractivity contribution >= 4 is 34.4 Å². The van der Waals surface area contributed by atoms with E-state index < -0.39 is 0 Å². The van der Waals surface area contributed by atoms with Gasteiger partial charge in [0.15, 0.2) is 5.69 Å². The third kappa shape index (κ3) is 2.18. The van der Waals surface area contributed by atoms with Gasteiger partial charge in [0.25, 0.3) is 5.91 Å². The SMILES string of the molecule is COc1ccc(NC(=O)c2n[nH]c3c4c(ccc23)[N]N=C4)cc1. The van der Waals surface area contributed by atoms with Crippen LogP contribution in [0.1, 0.15) is 16.1 Å². The van der Waals surface area contributed by atoms with Gasteiger partial charge in [0.1, 0.15) is 5.75 Å². The summed E-state index contributed by atoms with van der Waals surface area (Å²) in [5.41, 5.74) is 7.37. The van der Waals surface area contributed by atoms with Crippen molar-refractivity contribution in [2.75, 3.05) is 12.4 Å². The summed E-state index contributed by atoms with van der Waals surface area (Å²) in [5.74, 6) is 0.444.